The molecule has 0 unspecified atom stereocenters. The number of benzene rings is 1. The molecule has 1 aromatic carbocycles. The van der Waals surface area contributed by atoms with Crippen molar-refractivity contribution < 1.29 is 13.2 Å². The Morgan fingerprint density at radius 2 is 2.04 bits per heavy atom. The second kappa shape index (κ2) is 7.00. The molecule has 1 aliphatic rings. The lowest BCUT2D eigenvalue weighted by molar-refractivity contribution is -0.120. The Labute approximate surface area is 145 Å². The Bertz CT molecular complexity index is 818. The van der Waals surface area contributed by atoms with Crippen LogP contribution < -0.4 is 5.32 Å². The van der Waals surface area contributed by atoms with Crippen molar-refractivity contribution in [3.8, 4) is 0 Å². The van der Waals surface area contributed by atoms with E-state index in [4.69, 9.17) is 0 Å². The molecule has 128 valence electrons. The number of piperidine rings is 1. The lowest BCUT2D eigenvalue weighted by Crippen LogP contribution is -2.49. The van der Waals surface area contributed by atoms with Crippen LogP contribution in [0.25, 0.3) is 0 Å². The van der Waals surface area contributed by atoms with Crippen LogP contribution in [0.3, 0.4) is 0 Å². The molecule has 0 saturated carbocycles. The summed E-state index contributed by atoms with van der Waals surface area (Å²) in [6, 6.07) is 7.55. The average Bonchev–Trinajstić information content (AvgIpc) is 3.00. The first-order valence-corrected chi connectivity index (χ1v) is 10.1. The van der Waals surface area contributed by atoms with Crippen molar-refractivity contribution in [1.82, 2.24) is 9.29 Å². The number of carbonyl (C=O) groups excluding carboxylic acids is 1. The monoisotopic (exact) mass is 365 g/mol. The largest absolute Gasteiger partial charge is 0.301 e. The number of thiazole rings is 1. The van der Waals surface area contributed by atoms with Crippen LogP contribution in [0.2, 0.25) is 0 Å². The maximum atomic E-state index is 12.9. The molecule has 1 N–H and O–H groups in total. The lowest BCUT2D eigenvalue weighted by Gasteiger charge is -2.33. The quantitative estimate of drug-likeness (QED) is 0.903. The van der Waals surface area contributed by atoms with E-state index in [1.807, 2.05) is 12.3 Å². The molecule has 2 aromatic rings. The van der Waals surface area contributed by atoms with Crippen molar-refractivity contribution in [2.45, 2.75) is 37.1 Å². The summed E-state index contributed by atoms with van der Waals surface area (Å²) >= 11 is 1.34. The van der Waals surface area contributed by atoms with E-state index in [9.17, 15) is 13.2 Å². The summed E-state index contributed by atoms with van der Waals surface area (Å²) in [6.07, 6.45) is 2.10. The number of hydrogen-bond acceptors (Lipinski definition) is 5. The van der Waals surface area contributed by atoms with E-state index >= 15 is 0 Å². The van der Waals surface area contributed by atoms with Gasteiger partial charge in [0.05, 0.1) is 10.6 Å². The van der Waals surface area contributed by atoms with Crippen molar-refractivity contribution in [1.29, 1.82) is 0 Å². The maximum Gasteiger partial charge on any atom is 0.244 e. The fraction of sp³-hybridized carbons (Fsp3) is 0.375. The van der Waals surface area contributed by atoms with Crippen molar-refractivity contribution in [2.75, 3.05) is 11.9 Å². The third-order valence-electron chi connectivity index (χ3n) is 3.96. The van der Waals surface area contributed by atoms with E-state index in [1.165, 1.54) is 15.6 Å². The average molecular weight is 365 g/mol. The smallest absolute Gasteiger partial charge is 0.244 e. The molecule has 1 amide bonds. The van der Waals surface area contributed by atoms with E-state index in [1.54, 1.807) is 30.3 Å². The van der Waals surface area contributed by atoms with Gasteiger partial charge in [0.1, 0.15) is 6.04 Å². The summed E-state index contributed by atoms with van der Waals surface area (Å²) in [4.78, 5) is 17.0. The molecule has 1 fully saturated rings. The third kappa shape index (κ3) is 3.50. The number of carbonyl (C=O) groups is 1. The topological polar surface area (TPSA) is 79.4 Å². The van der Waals surface area contributed by atoms with Crippen LogP contribution in [-0.2, 0) is 14.8 Å². The Hall–Kier alpha value is -1.77. The molecule has 1 atom stereocenters. The number of sulfonamides is 1. The van der Waals surface area contributed by atoms with E-state index in [-0.39, 0.29) is 10.8 Å². The first-order chi connectivity index (χ1) is 11.5. The summed E-state index contributed by atoms with van der Waals surface area (Å²) < 4.78 is 27.1. The van der Waals surface area contributed by atoms with Crippen LogP contribution in [0, 0.1) is 6.92 Å². The first-order valence-electron chi connectivity index (χ1n) is 7.78. The van der Waals surface area contributed by atoms with Gasteiger partial charge in [-0.15, -0.1) is 11.3 Å². The minimum Gasteiger partial charge on any atom is -0.301 e. The number of rotatable bonds is 4. The molecule has 1 aromatic heterocycles. The van der Waals surface area contributed by atoms with Crippen LogP contribution in [0.15, 0.2) is 40.6 Å². The van der Waals surface area contributed by atoms with Gasteiger partial charge in [-0.3, -0.25) is 4.79 Å². The summed E-state index contributed by atoms with van der Waals surface area (Å²) in [6.45, 7) is 2.20. The van der Waals surface area contributed by atoms with Crippen molar-refractivity contribution >= 4 is 32.4 Å². The molecule has 0 radical (unpaired) electrons. The number of amides is 1. The highest BCUT2D eigenvalue weighted by Crippen LogP contribution is 2.26. The highest BCUT2D eigenvalue weighted by molar-refractivity contribution is 7.89. The number of aromatic nitrogens is 1. The zero-order chi connectivity index (χ0) is 17.2. The van der Waals surface area contributed by atoms with Gasteiger partial charge in [0.15, 0.2) is 5.13 Å². The molecule has 0 bridgehead atoms. The van der Waals surface area contributed by atoms with Gasteiger partial charge < -0.3 is 5.32 Å². The molecule has 1 saturated heterocycles. The van der Waals surface area contributed by atoms with Gasteiger partial charge in [-0.2, -0.15) is 4.31 Å². The molecule has 24 heavy (non-hydrogen) atoms. The number of nitrogens with one attached hydrogen (secondary N) is 1. The van der Waals surface area contributed by atoms with Gasteiger partial charge in [0.2, 0.25) is 15.9 Å². The highest BCUT2D eigenvalue weighted by Gasteiger charge is 2.37. The summed E-state index contributed by atoms with van der Waals surface area (Å²) in [5, 5.41) is 5.09. The summed E-state index contributed by atoms with van der Waals surface area (Å²) in [5.41, 5.74) is 0.827. The lowest BCUT2D eigenvalue weighted by atomic mass is 10.0. The van der Waals surface area contributed by atoms with E-state index in [0.717, 1.165) is 18.5 Å². The third-order valence-corrected chi connectivity index (χ3v) is 6.75. The molecular formula is C16H19N3O3S2. The van der Waals surface area contributed by atoms with E-state index < -0.39 is 16.1 Å². The van der Waals surface area contributed by atoms with Crippen LogP contribution in [0.1, 0.15) is 25.0 Å². The Kier molecular flexibility index (Phi) is 4.98. The first kappa shape index (κ1) is 17.1. The molecular weight excluding hydrogens is 346 g/mol. The molecule has 3 rings (SSSR count). The predicted octanol–water partition coefficient (Wildman–Crippen LogP) is 2.63. The van der Waals surface area contributed by atoms with Gasteiger partial charge in [0, 0.05) is 11.9 Å². The number of hydrogen-bond donors (Lipinski definition) is 1. The molecule has 8 heteroatoms. The maximum absolute atomic E-state index is 12.9. The molecule has 0 spiro atoms. The standard InChI is InChI=1S/C16H19N3O3S2/c1-12-11-23-16(17-12)18-15(20)14-9-5-6-10-19(14)24(21,22)13-7-3-2-4-8-13/h2-4,7-8,11,14H,5-6,9-10H2,1H3,(H,17,18,20)/t14-/m1/s1. The van der Waals surface area contributed by atoms with Gasteiger partial charge in [-0.05, 0) is 31.9 Å². The molecule has 2 heterocycles. The highest BCUT2D eigenvalue weighted by atomic mass is 32.2. The Balaban J connectivity index is 1.84. The SMILES string of the molecule is Cc1csc(NC(=O)[C@H]2CCCCN2S(=O)(=O)c2ccccc2)n1. The number of nitrogens with zero attached hydrogens (tertiary/aromatic N) is 2. The van der Waals surface area contributed by atoms with Crippen LogP contribution >= 0.6 is 11.3 Å². The fourth-order valence-electron chi connectivity index (χ4n) is 2.78. The zero-order valence-electron chi connectivity index (χ0n) is 13.3. The second-order valence-corrected chi connectivity index (χ2v) is 8.47. The molecule has 6 nitrogen and oxygen atoms in total. The van der Waals surface area contributed by atoms with Gasteiger partial charge in [0.25, 0.3) is 0 Å². The van der Waals surface area contributed by atoms with Crippen molar-refractivity contribution in [3.05, 3.63) is 41.4 Å². The zero-order valence-corrected chi connectivity index (χ0v) is 14.9. The minimum absolute atomic E-state index is 0.217. The second-order valence-electron chi connectivity index (χ2n) is 5.72. The predicted molar refractivity (Wildman–Crippen MR) is 93.5 cm³/mol. The normalized spacial score (nSPS) is 19.1. The number of anilines is 1. The van der Waals surface area contributed by atoms with Crippen LogP contribution in [0.4, 0.5) is 5.13 Å². The van der Waals surface area contributed by atoms with Gasteiger partial charge in [-0.1, -0.05) is 24.6 Å². The van der Waals surface area contributed by atoms with E-state index in [2.05, 4.69) is 10.3 Å². The van der Waals surface area contributed by atoms with Crippen molar-refractivity contribution in [3.63, 3.8) is 0 Å². The number of aryl methyl sites for hydroxylation is 1. The molecule has 0 aliphatic carbocycles. The summed E-state index contributed by atoms with van der Waals surface area (Å²) in [7, 11) is -3.69. The minimum atomic E-state index is -3.69. The van der Waals surface area contributed by atoms with Crippen molar-refractivity contribution in [2.24, 2.45) is 0 Å². The Morgan fingerprint density at radius 1 is 1.29 bits per heavy atom. The molecule has 1 aliphatic heterocycles. The van der Waals surface area contributed by atoms with Crippen LogP contribution in [-0.4, -0.2) is 36.2 Å². The van der Waals surface area contributed by atoms with Gasteiger partial charge >= 0.3 is 0 Å². The summed E-state index contributed by atoms with van der Waals surface area (Å²) in [5.74, 6) is -0.316. The fourth-order valence-corrected chi connectivity index (χ4v) is 5.15. The van der Waals surface area contributed by atoms with Crippen LogP contribution in [0.5, 0.6) is 0 Å². The van der Waals surface area contributed by atoms with E-state index in [0.29, 0.717) is 18.1 Å². The van der Waals surface area contributed by atoms with Gasteiger partial charge in [-0.25, -0.2) is 13.4 Å². The Morgan fingerprint density at radius 3 is 2.71 bits per heavy atom.